The first-order valence-electron chi connectivity index (χ1n) is 15.1. The van der Waals surface area contributed by atoms with E-state index in [9.17, 15) is 20.0 Å². The summed E-state index contributed by atoms with van der Waals surface area (Å²) in [7, 11) is 3.78. The van der Waals surface area contributed by atoms with Crippen LogP contribution in [0.15, 0.2) is 59.8 Å². The van der Waals surface area contributed by atoms with E-state index >= 15 is 0 Å². The molecule has 1 atom stereocenters. The van der Waals surface area contributed by atoms with Crippen LogP contribution in [-0.2, 0) is 4.74 Å². The van der Waals surface area contributed by atoms with Gasteiger partial charge >= 0.3 is 5.97 Å². The average Bonchev–Trinajstić information content (AvgIpc) is 3.51. The number of methoxy groups -OCH3 is 1. The lowest BCUT2D eigenvalue weighted by molar-refractivity contribution is 0.0695. The highest BCUT2D eigenvalue weighted by Gasteiger charge is 2.31. The maximum atomic E-state index is 13.4. The van der Waals surface area contributed by atoms with E-state index in [1.807, 2.05) is 12.1 Å². The van der Waals surface area contributed by atoms with Gasteiger partial charge in [0.1, 0.15) is 29.1 Å². The fraction of sp³-hybridized carbons (Fsp3) is 0.364. The monoisotopic (exact) mass is 643 g/mol. The van der Waals surface area contributed by atoms with Crippen LogP contribution in [0.25, 0.3) is 16.6 Å². The predicted molar refractivity (Wildman–Crippen MR) is 175 cm³/mol. The molecule has 0 aliphatic carbocycles. The number of benzene rings is 1. The Hall–Kier alpha value is -4.70. The third-order valence-electron chi connectivity index (χ3n) is 8.76. The molecule has 3 aromatic heterocycles. The number of hydrogen-bond donors (Lipinski definition) is 1. The summed E-state index contributed by atoms with van der Waals surface area (Å²) in [4.78, 5) is 40.9. The van der Waals surface area contributed by atoms with E-state index in [0.717, 1.165) is 38.3 Å². The third kappa shape index (κ3) is 6.09. The molecule has 0 spiro atoms. The SMILES string of the molecule is COCCN(C)C1CN(c2ccc(-n3cc(C(=O)O)c(=O)c4cc(C#N)c(N5CCC[C@@H]5COc5ncccc5Cl)cc43)cn2)C1. The summed E-state index contributed by atoms with van der Waals surface area (Å²) in [6, 6.07) is 13.0. The van der Waals surface area contributed by atoms with E-state index in [2.05, 4.69) is 37.8 Å². The summed E-state index contributed by atoms with van der Waals surface area (Å²) in [5.41, 5.74) is 0.934. The minimum Gasteiger partial charge on any atom is -0.477 e. The van der Waals surface area contributed by atoms with Crippen LogP contribution >= 0.6 is 11.6 Å². The normalized spacial score (nSPS) is 16.5. The lowest BCUT2D eigenvalue weighted by atomic mass is 10.0. The highest BCUT2D eigenvalue weighted by Crippen LogP contribution is 2.33. The van der Waals surface area contributed by atoms with Gasteiger partial charge in [0.15, 0.2) is 0 Å². The second-order valence-electron chi connectivity index (χ2n) is 11.5. The van der Waals surface area contributed by atoms with E-state index in [0.29, 0.717) is 53.6 Å². The zero-order chi connectivity index (χ0) is 32.4. The van der Waals surface area contributed by atoms with Crippen LogP contribution in [0.4, 0.5) is 11.5 Å². The van der Waals surface area contributed by atoms with Gasteiger partial charge in [0.05, 0.1) is 41.3 Å². The minimum atomic E-state index is -1.35. The largest absolute Gasteiger partial charge is 0.477 e. The number of aromatic nitrogens is 3. The van der Waals surface area contributed by atoms with Gasteiger partial charge in [0.2, 0.25) is 11.3 Å². The fourth-order valence-electron chi connectivity index (χ4n) is 6.08. The molecule has 1 N–H and O–H groups in total. The maximum Gasteiger partial charge on any atom is 0.341 e. The van der Waals surface area contributed by atoms with Gasteiger partial charge in [-0.25, -0.2) is 14.8 Å². The lowest BCUT2D eigenvalue weighted by Crippen LogP contribution is -2.59. The van der Waals surface area contributed by atoms with Crippen molar-refractivity contribution in [3.63, 3.8) is 0 Å². The highest BCUT2D eigenvalue weighted by molar-refractivity contribution is 6.31. The van der Waals surface area contributed by atoms with Gasteiger partial charge in [0.25, 0.3) is 0 Å². The van der Waals surface area contributed by atoms with E-state index < -0.39 is 17.0 Å². The standard InChI is InChI=1S/C33H34ClN7O5/c1-38(11-12-45-2)24-17-39(18-24)30-8-7-22(16-37-30)41-19-26(33(43)44)31(42)25-13-21(15-35)28(14-29(25)41)40-10-4-5-23(40)20-46-32-27(34)6-3-9-36-32/h3,6-9,13-14,16,19,23-24H,4-5,10-12,17-18,20H2,1-2H3,(H,43,44)/t23-/m1/s1. The molecule has 1 aromatic carbocycles. The van der Waals surface area contributed by atoms with Crippen LogP contribution < -0.4 is 20.0 Å². The first kappa shape index (κ1) is 31.3. The maximum absolute atomic E-state index is 13.4. The molecule has 5 heterocycles. The van der Waals surface area contributed by atoms with Crippen LogP contribution in [0.3, 0.4) is 0 Å². The Morgan fingerprint density at radius 2 is 2.07 bits per heavy atom. The smallest absolute Gasteiger partial charge is 0.341 e. The van der Waals surface area contributed by atoms with Gasteiger partial charge in [-0.05, 0) is 56.3 Å². The second-order valence-corrected chi connectivity index (χ2v) is 12.0. The van der Waals surface area contributed by atoms with Crippen molar-refractivity contribution in [2.75, 3.05) is 63.4 Å². The van der Waals surface area contributed by atoms with Crippen molar-refractivity contribution in [1.82, 2.24) is 19.4 Å². The van der Waals surface area contributed by atoms with Gasteiger partial charge < -0.3 is 28.9 Å². The summed E-state index contributed by atoms with van der Waals surface area (Å²) in [6.45, 7) is 4.18. The predicted octanol–water partition coefficient (Wildman–Crippen LogP) is 3.82. The van der Waals surface area contributed by atoms with Crippen LogP contribution in [-0.4, -0.2) is 96.1 Å². The molecule has 12 nitrogen and oxygen atoms in total. The molecule has 238 valence electrons. The second kappa shape index (κ2) is 13.3. The van der Waals surface area contributed by atoms with E-state index in [1.54, 1.807) is 42.3 Å². The molecule has 0 amide bonds. The zero-order valence-corrected chi connectivity index (χ0v) is 26.4. The number of carboxylic acids is 1. The molecule has 13 heteroatoms. The third-order valence-corrected chi connectivity index (χ3v) is 9.05. The Bertz CT molecular complexity index is 1850. The summed E-state index contributed by atoms with van der Waals surface area (Å²) in [5, 5.41) is 20.6. The number of ether oxygens (including phenoxy) is 2. The summed E-state index contributed by atoms with van der Waals surface area (Å²) in [6.07, 6.45) is 6.32. The number of likely N-dealkylation sites (N-methyl/N-ethyl adjacent to an activating group) is 1. The number of nitrogens with zero attached hydrogens (tertiary/aromatic N) is 7. The molecule has 4 aromatic rings. The lowest BCUT2D eigenvalue weighted by Gasteiger charge is -2.44. The molecule has 0 saturated carbocycles. The Balaban J connectivity index is 1.33. The molecule has 2 saturated heterocycles. The Kier molecular flexibility index (Phi) is 9.08. The van der Waals surface area contributed by atoms with Crippen LogP contribution in [0, 0.1) is 11.3 Å². The number of rotatable bonds is 11. The number of fused-ring (bicyclic) bond motifs is 1. The Morgan fingerprint density at radius 3 is 2.76 bits per heavy atom. The fourth-order valence-corrected chi connectivity index (χ4v) is 6.26. The number of nitriles is 1. The molecule has 2 fully saturated rings. The van der Waals surface area contributed by atoms with Crippen molar-refractivity contribution in [2.45, 2.75) is 24.9 Å². The van der Waals surface area contributed by atoms with Crippen LogP contribution in [0.5, 0.6) is 5.88 Å². The number of pyridine rings is 3. The van der Waals surface area contributed by atoms with Crippen LogP contribution in [0.2, 0.25) is 5.02 Å². The summed E-state index contributed by atoms with van der Waals surface area (Å²) < 4.78 is 12.8. The van der Waals surface area contributed by atoms with Gasteiger partial charge in [-0.2, -0.15) is 5.26 Å². The quantitative estimate of drug-likeness (QED) is 0.255. The van der Waals surface area contributed by atoms with Crippen molar-refractivity contribution in [2.24, 2.45) is 0 Å². The zero-order valence-electron chi connectivity index (χ0n) is 25.6. The van der Waals surface area contributed by atoms with E-state index in [1.165, 1.54) is 12.3 Å². The van der Waals surface area contributed by atoms with Crippen molar-refractivity contribution < 1.29 is 19.4 Å². The summed E-state index contributed by atoms with van der Waals surface area (Å²) in [5.74, 6) is -0.195. The van der Waals surface area contributed by atoms with Crippen LogP contribution in [0.1, 0.15) is 28.8 Å². The summed E-state index contributed by atoms with van der Waals surface area (Å²) >= 11 is 6.24. The van der Waals surface area contributed by atoms with E-state index in [4.69, 9.17) is 21.1 Å². The number of carbonyl (C=O) groups is 1. The van der Waals surface area contributed by atoms with Gasteiger partial charge in [-0.15, -0.1) is 0 Å². The highest BCUT2D eigenvalue weighted by atomic mass is 35.5. The van der Waals surface area contributed by atoms with Crippen molar-refractivity contribution in [1.29, 1.82) is 5.26 Å². The first-order chi connectivity index (χ1) is 22.3. The van der Waals surface area contributed by atoms with Gasteiger partial charge in [-0.1, -0.05) is 11.6 Å². The minimum absolute atomic E-state index is 0.0732. The van der Waals surface area contributed by atoms with Crippen molar-refractivity contribution in [3.8, 4) is 17.6 Å². The molecule has 0 unspecified atom stereocenters. The number of aromatic carboxylic acids is 1. The molecule has 0 bridgehead atoms. The number of carboxylic acid groups (broad SMARTS) is 1. The van der Waals surface area contributed by atoms with Crippen molar-refractivity contribution >= 4 is 40.0 Å². The molecule has 46 heavy (non-hydrogen) atoms. The molecule has 0 radical (unpaired) electrons. The average molecular weight is 644 g/mol. The number of anilines is 2. The molecule has 2 aliphatic rings. The number of hydrogen-bond acceptors (Lipinski definition) is 10. The Morgan fingerprint density at radius 1 is 1.24 bits per heavy atom. The van der Waals surface area contributed by atoms with E-state index in [-0.39, 0.29) is 17.0 Å². The number of halogens is 1. The molecular formula is C33H34ClN7O5. The van der Waals surface area contributed by atoms with Gasteiger partial charge in [-0.3, -0.25) is 9.69 Å². The van der Waals surface area contributed by atoms with Gasteiger partial charge in [0, 0.05) is 57.1 Å². The molecule has 6 rings (SSSR count). The topological polar surface area (TPSA) is 137 Å². The Labute approximate surface area is 271 Å². The molecular weight excluding hydrogens is 610 g/mol. The first-order valence-corrected chi connectivity index (χ1v) is 15.4. The molecule has 2 aliphatic heterocycles. The van der Waals surface area contributed by atoms with Crippen molar-refractivity contribution in [3.05, 3.63) is 81.4 Å².